The summed E-state index contributed by atoms with van der Waals surface area (Å²) < 4.78 is 0. The molecule has 0 N–H and O–H groups in total. The molecule has 0 saturated heterocycles. The molecule has 0 spiro atoms. The molecule has 0 atom stereocenters. The Morgan fingerprint density at radius 1 is 1.40 bits per heavy atom. The quantitative estimate of drug-likeness (QED) is 0.574. The van der Waals surface area contributed by atoms with Gasteiger partial charge in [-0.3, -0.25) is 4.79 Å². The maximum Gasteiger partial charge on any atom is 0.161 e. The molecule has 0 heterocycles. The van der Waals surface area contributed by atoms with Crippen LogP contribution in [0.2, 0.25) is 0 Å². The molecule has 2 heteroatoms. The zero-order valence-electron chi connectivity index (χ0n) is 6.97. The molecule has 0 aliphatic rings. The van der Waals surface area contributed by atoms with Crippen molar-refractivity contribution >= 4 is 17.5 Å². The van der Waals surface area contributed by atoms with Crippen LogP contribution in [0.1, 0.15) is 20.8 Å². The fraction of sp³-hybridized carbons (Fsp3) is 0.625. The second kappa shape index (κ2) is 3.81. The SMILES string of the molecule is CS/C=C/C(=O)C(C)(C)C. The number of ketones is 1. The molecule has 0 amide bonds. The van der Waals surface area contributed by atoms with Crippen LogP contribution in [0.3, 0.4) is 0 Å². The van der Waals surface area contributed by atoms with Crippen LogP contribution in [0.25, 0.3) is 0 Å². The molecule has 0 unspecified atom stereocenters. The van der Waals surface area contributed by atoms with Crippen molar-refractivity contribution in [3.05, 3.63) is 11.5 Å². The molecular weight excluding hydrogens is 144 g/mol. The molecule has 0 aromatic heterocycles. The van der Waals surface area contributed by atoms with E-state index in [0.717, 1.165) is 0 Å². The first-order valence-corrected chi connectivity index (χ1v) is 4.51. The molecule has 58 valence electrons. The van der Waals surface area contributed by atoms with E-state index < -0.39 is 0 Å². The third-order valence-electron chi connectivity index (χ3n) is 1.09. The normalized spacial score (nSPS) is 12.4. The summed E-state index contributed by atoms with van der Waals surface area (Å²) in [5.74, 6) is 0.182. The van der Waals surface area contributed by atoms with Gasteiger partial charge >= 0.3 is 0 Å². The van der Waals surface area contributed by atoms with Gasteiger partial charge in [-0.25, -0.2) is 0 Å². The average molecular weight is 158 g/mol. The Balaban J connectivity index is 3.98. The summed E-state index contributed by atoms with van der Waals surface area (Å²) in [6, 6.07) is 0. The van der Waals surface area contributed by atoms with E-state index in [1.807, 2.05) is 32.4 Å². The van der Waals surface area contributed by atoms with Gasteiger partial charge in [0.2, 0.25) is 0 Å². The van der Waals surface area contributed by atoms with Crippen LogP contribution in [0.5, 0.6) is 0 Å². The molecule has 10 heavy (non-hydrogen) atoms. The third kappa shape index (κ3) is 3.72. The Kier molecular flexibility index (Phi) is 3.72. The van der Waals surface area contributed by atoms with Gasteiger partial charge in [0.1, 0.15) is 0 Å². The zero-order valence-corrected chi connectivity index (χ0v) is 7.79. The molecule has 0 aliphatic heterocycles. The van der Waals surface area contributed by atoms with Crippen molar-refractivity contribution in [1.29, 1.82) is 0 Å². The highest BCUT2D eigenvalue weighted by Gasteiger charge is 2.17. The van der Waals surface area contributed by atoms with Crippen molar-refractivity contribution in [1.82, 2.24) is 0 Å². The maximum absolute atomic E-state index is 11.1. The first kappa shape index (κ1) is 9.76. The number of carbonyl (C=O) groups is 1. The van der Waals surface area contributed by atoms with Gasteiger partial charge in [-0.15, -0.1) is 11.8 Å². The van der Waals surface area contributed by atoms with Crippen LogP contribution in [0.4, 0.5) is 0 Å². The fourth-order valence-electron chi connectivity index (χ4n) is 0.380. The van der Waals surface area contributed by atoms with Crippen LogP contribution in [-0.2, 0) is 4.79 Å². The lowest BCUT2D eigenvalue weighted by atomic mass is 9.91. The van der Waals surface area contributed by atoms with Crippen LogP contribution in [-0.4, -0.2) is 12.0 Å². The van der Waals surface area contributed by atoms with E-state index in [0.29, 0.717) is 0 Å². The van der Waals surface area contributed by atoms with Gasteiger partial charge in [-0.2, -0.15) is 0 Å². The van der Waals surface area contributed by atoms with Crippen molar-refractivity contribution in [3.63, 3.8) is 0 Å². The van der Waals surface area contributed by atoms with Crippen LogP contribution in [0.15, 0.2) is 11.5 Å². The lowest BCUT2D eigenvalue weighted by molar-refractivity contribution is -0.121. The van der Waals surface area contributed by atoms with Gasteiger partial charge < -0.3 is 0 Å². The van der Waals surface area contributed by atoms with E-state index in [-0.39, 0.29) is 11.2 Å². The minimum atomic E-state index is -0.230. The molecular formula is C8H14OS. The van der Waals surface area contributed by atoms with Crippen molar-refractivity contribution < 1.29 is 4.79 Å². The highest BCUT2D eigenvalue weighted by atomic mass is 32.2. The summed E-state index contributed by atoms with van der Waals surface area (Å²) in [6.45, 7) is 5.75. The first-order chi connectivity index (χ1) is 4.48. The highest BCUT2D eigenvalue weighted by molar-refractivity contribution is 8.01. The predicted octanol–water partition coefficient (Wildman–Crippen LogP) is 2.48. The Hall–Kier alpha value is -0.240. The molecule has 0 radical (unpaired) electrons. The summed E-state index contributed by atoms with van der Waals surface area (Å²) in [5, 5.41) is 1.81. The number of hydrogen-bond donors (Lipinski definition) is 0. The molecule has 0 rings (SSSR count). The maximum atomic E-state index is 11.1. The monoisotopic (exact) mass is 158 g/mol. The summed E-state index contributed by atoms with van der Waals surface area (Å²) in [6.07, 6.45) is 3.57. The molecule has 0 aliphatic carbocycles. The second-order valence-electron chi connectivity index (χ2n) is 3.15. The minimum absolute atomic E-state index is 0.182. The summed E-state index contributed by atoms with van der Waals surface area (Å²) in [5.41, 5.74) is -0.230. The lowest BCUT2D eigenvalue weighted by Gasteiger charge is -2.12. The molecule has 0 bridgehead atoms. The number of rotatable bonds is 2. The predicted molar refractivity (Wildman–Crippen MR) is 47.1 cm³/mol. The van der Waals surface area contributed by atoms with E-state index in [2.05, 4.69) is 0 Å². The first-order valence-electron chi connectivity index (χ1n) is 3.22. The minimum Gasteiger partial charge on any atom is -0.294 e. The van der Waals surface area contributed by atoms with Gasteiger partial charge in [0, 0.05) is 5.41 Å². The second-order valence-corrected chi connectivity index (χ2v) is 3.90. The number of allylic oxidation sites excluding steroid dienone is 1. The van der Waals surface area contributed by atoms with Crippen LogP contribution >= 0.6 is 11.8 Å². The average Bonchev–Trinajstić information content (AvgIpc) is 1.80. The van der Waals surface area contributed by atoms with Gasteiger partial charge in [-0.05, 0) is 17.7 Å². The molecule has 0 saturated carbocycles. The third-order valence-corrected chi connectivity index (χ3v) is 1.50. The van der Waals surface area contributed by atoms with Gasteiger partial charge in [0.25, 0.3) is 0 Å². The summed E-state index contributed by atoms with van der Waals surface area (Å²) in [7, 11) is 0. The molecule has 0 aromatic rings. The molecule has 0 fully saturated rings. The number of hydrogen-bond acceptors (Lipinski definition) is 2. The number of thioether (sulfide) groups is 1. The summed E-state index contributed by atoms with van der Waals surface area (Å²) >= 11 is 1.54. The number of carbonyl (C=O) groups excluding carboxylic acids is 1. The van der Waals surface area contributed by atoms with E-state index in [1.165, 1.54) is 0 Å². The Labute approximate surface area is 66.9 Å². The standard InChI is InChI=1S/C8H14OS/c1-8(2,3)7(9)5-6-10-4/h5-6H,1-4H3/b6-5+. The van der Waals surface area contributed by atoms with Crippen LogP contribution < -0.4 is 0 Å². The smallest absolute Gasteiger partial charge is 0.161 e. The zero-order chi connectivity index (χ0) is 8.20. The van der Waals surface area contributed by atoms with Crippen molar-refractivity contribution in [3.8, 4) is 0 Å². The Bertz CT molecular complexity index is 142. The van der Waals surface area contributed by atoms with Crippen molar-refractivity contribution in [2.75, 3.05) is 6.26 Å². The van der Waals surface area contributed by atoms with E-state index in [9.17, 15) is 4.79 Å². The Morgan fingerprint density at radius 3 is 2.20 bits per heavy atom. The lowest BCUT2D eigenvalue weighted by Crippen LogP contribution is -2.16. The van der Waals surface area contributed by atoms with Crippen molar-refractivity contribution in [2.24, 2.45) is 5.41 Å². The van der Waals surface area contributed by atoms with Gasteiger partial charge in [0.05, 0.1) is 0 Å². The molecule has 0 aromatic carbocycles. The fourth-order valence-corrected chi connectivity index (χ4v) is 0.640. The van der Waals surface area contributed by atoms with E-state index in [4.69, 9.17) is 0 Å². The van der Waals surface area contributed by atoms with Crippen LogP contribution in [0, 0.1) is 5.41 Å². The van der Waals surface area contributed by atoms with Gasteiger partial charge in [0.15, 0.2) is 5.78 Å². The highest BCUT2D eigenvalue weighted by Crippen LogP contribution is 2.15. The topological polar surface area (TPSA) is 17.1 Å². The van der Waals surface area contributed by atoms with Crippen molar-refractivity contribution in [2.45, 2.75) is 20.8 Å². The van der Waals surface area contributed by atoms with E-state index in [1.54, 1.807) is 17.8 Å². The van der Waals surface area contributed by atoms with Gasteiger partial charge in [-0.1, -0.05) is 20.8 Å². The van der Waals surface area contributed by atoms with E-state index >= 15 is 0 Å². The summed E-state index contributed by atoms with van der Waals surface area (Å²) in [4.78, 5) is 11.1. The molecule has 1 nitrogen and oxygen atoms in total. The largest absolute Gasteiger partial charge is 0.294 e. The Morgan fingerprint density at radius 2 is 1.90 bits per heavy atom.